The standard InChI is InChI=1S/C22H24ClN3O4S/c1-16-2-8-19(9-3-16)31(29,30)26-20(10-11-21(26)27)22(28)25-14-12-24(13-15-25)18-6-4-17(23)5-7-18/h2-9,20H,10-15H2,1H3. The van der Waals surface area contributed by atoms with Crippen molar-refractivity contribution >= 4 is 39.1 Å². The maximum absolute atomic E-state index is 13.2. The van der Waals surface area contributed by atoms with E-state index in [0.717, 1.165) is 15.6 Å². The lowest BCUT2D eigenvalue weighted by atomic mass is 10.1. The van der Waals surface area contributed by atoms with Crippen LogP contribution < -0.4 is 4.90 Å². The van der Waals surface area contributed by atoms with Gasteiger partial charge in [-0.25, -0.2) is 12.7 Å². The van der Waals surface area contributed by atoms with Crippen molar-refractivity contribution in [1.29, 1.82) is 0 Å². The molecule has 2 aliphatic rings. The molecule has 4 rings (SSSR count). The van der Waals surface area contributed by atoms with E-state index in [1.165, 1.54) is 12.1 Å². The number of nitrogens with zero attached hydrogens (tertiary/aromatic N) is 3. The van der Waals surface area contributed by atoms with Crippen molar-refractivity contribution < 1.29 is 18.0 Å². The van der Waals surface area contributed by atoms with Crippen LogP contribution in [0.15, 0.2) is 53.4 Å². The highest BCUT2D eigenvalue weighted by Gasteiger charge is 2.45. The number of carbonyl (C=O) groups is 2. The number of benzene rings is 2. The molecule has 2 fully saturated rings. The Kier molecular flexibility index (Phi) is 5.94. The summed E-state index contributed by atoms with van der Waals surface area (Å²) in [5.41, 5.74) is 1.94. The zero-order chi connectivity index (χ0) is 22.2. The Morgan fingerprint density at radius 3 is 2.19 bits per heavy atom. The fourth-order valence-corrected chi connectivity index (χ4v) is 5.78. The van der Waals surface area contributed by atoms with Crippen molar-refractivity contribution in [2.45, 2.75) is 30.7 Å². The predicted octanol–water partition coefficient (Wildman–Crippen LogP) is 2.68. The molecule has 2 amide bonds. The molecule has 2 aromatic carbocycles. The van der Waals surface area contributed by atoms with Gasteiger partial charge in [-0.15, -0.1) is 0 Å². The monoisotopic (exact) mass is 461 g/mol. The second-order valence-electron chi connectivity index (χ2n) is 7.85. The molecule has 2 heterocycles. The normalized spacial score (nSPS) is 19.7. The lowest BCUT2D eigenvalue weighted by Crippen LogP contribution is -2.55. The van der Waals surface area contributed by atoms with E-state index in [0.29, 0.717) is 31.2 Å². The van der Waals surface area contributed by atoms with Crippen LogP contribution in [0.4, 0.5) is 5.69 Å². The van der Waals surface area contributed by atoms with Crippen molar-refractivity contribution in [2.24, 2.45) is 0 Å². The van der Waals surface area contributed by atoms with Gasteiger partial charge in [0, 0.05) is 43.3 Å². The maximum Gasteiger partial charge on any atom is 0.267 e. The van der Waals surface area contributed by atoms with Crippen LogP contribution in [0, 0.1) is 6.92 Å². The van der Waals surface area contributed by atoms with Crippen molar-refractivity contribution in [3.05, 3.63) is 59.1 Å². The van der Waals surface area contributed by atoms with E-state index in [4.69, 9.17) is 11.6 Å². The van der Waals surface area contributed by atoms with Gasteiger partial charge in [0.2, 0.25) is 11.8 Å². The van der Waals surface area contributed by atoms with Crippen LogP contribution >= 0.6 is 11.6 Å². The van der Waals surface area contributed by atoms with Crippen molar-refractivity contribution in [3.63, 3.8) is 0 Å². The minimum atomic E-state index is -4.08. The van der Waals surface area contributed by atoms with Gasteiger partial charge in [0.25, 0.3) is 10.0 Å². The molecule has 9 heteroatoms. The van der Waals surface area contributed by atoms with Crippen LogP contribution in [-0.4, -0.2) is 61.7 Å². The summed E-state index contributed by atoms with van der Waals surface area (Å²) in [6.07, 6.45) is 0.256. The molecule has 2 saturated heterocycles. The Morgan fingerprint density at radius 2 is 1.58 bits per heavy atom. The number of carbonyl (C=O) groups excluding carboxylic acids is 2. The summed E-state index contributed by atoms with van der Waals surface area (Å²) in [4.78, 5) is 29.5. The highest BCUT2D eigenvalue weighted by atomic mass is 35.5. The molecule has 31 heavy (non-hydrogen) atoms. The van der Waals surface area contributed by atoms with Gasteiger partial charge in [0.1, 0.15) is 6.04 Å². The largest absolute Gasteiger partial charge is 0.368 e. The predicted molar refractivity (Wildman–Crippen MR) is 118 cm³/mol. The zero-order valence-electron chi connectivity index (χ0n) is 17.2. The van der Waals surface area contributed by atoms with Gasteiger partial charge >= 0.3 is 0 Å². The maximum atomic E-state index is 13.2. The van der Waals surface area contributed by atoms with Gasteiger partial charge in [-0.05, 0) is 49.7 Å². The van der Waals surface area contributed by atoms with Crippen LogP contribution in [0.3, 0.4) is 0 Å². The van der Waals surface area contributed by atoms with Gasteiger partial charge in [-0.3, -0.25) is 9.59 Å². The fourth-order valence-electron chi connectivity index (χ4n) is 4.06. The molecule has 2 aliphatic heterocycles. The van der Waals surface area contributed by atoms with Crippen LogP contribution in [0.5, 0.6) is 0 Å². The number of amides is 2. The number of hydrogen-bond acceptors (Lipinski definition) is 5. The number of sulfonamides is 1. The molecule has 164 valence electrons. The van der Waals surface area contributed by atoms with Crippen LogP contribution in [-0.2, 0) is 19.6 Å². The lowest BCUT2D eigenvalue weighted by Gasteiger charge is -2.38. The number of rotatable bonds is 4. The molecule has 7 nitrogen and oxygen atoms in total. The molecule has 0 bridgehead atoms. The first-order valence-corrected chi connectivity index (χ1v) is 12.0. The Balaban J connectivity index is 1.48. The molecule has 1 atom stereocenters. The molecule has 0 N–H and O–H groups in total. The number of aryl methyl sites for hydroxylation is 1. The Bertz CT molecular complexity index is 1080. The SMILES string of the molecule is Cc1ccc(S(=O)(=O)N2C(=O)CCC2C(=O)N2CCN(c3ccc(Cl)cc3)CC2)cc1. The highest BCUT2D eigenvalue weighted by Crippen LogP contribution is 2.29. The molecule has 1 unspecified atom stereocenters. The third kappa shape index (κ3) is 4.27. The molecule has 0 aliphatic carbocycles. The summed E-state index contributed by atoms with van der Waals surface area (Å²) < 4.78 is 27.1. The van der Waals surface area contributed by atoms with E-state index >= 15 is 0 Å². The first-order valence-electron chi connectivity index (χ1n) is 10.2. The summed E-state index contributed by atoms with van der Waals surface area (Å²) in [6.45, 7) is 4.03. The van der Waals surface area contributed by atoms with Gasteiger partial charge in [-0.1, -0.05) is 29.3 Å². The number of halogens is 1. The Morgan fingerprint density at radius 1 is 0.968 bits per heavy atom. The minimum Gasteiger partial charge on any atom is -0.368 e. The second kappa shape index (κ2) is 8.51. The molecule has 0 aromatic heterocycles. The summed E-state index contributed by atoms with van der Waals surface area (Å²) >= 11 is 5.95. The third-order valence-electron chi connectivity index (χ3n) is 5.81. The van der Waals surface area contributed by atoms with E-state index in [1.807, 2.05) is 31.2 Å². The summed E-state index contributed by atoms with van der Waals surface area (Å²) in [7, 11) is -4.08. The molecule has 0 radical (unpaired) electrons. The third-order valence-corrected chi connectivity index (χ3v) is 7.90. The lowest BCUT2D eigenvalue weighted by molar-refractivity contribution is -0.138. The van der Waals surface area contributed by atoms with E-state index in [1.54, 1.807) is 17.0 Å². The number of hydrogen-bond donors (Lipinski definition) is 0. The van der Waals surface area contributed by atoms with Crippen molar-refractivity contribution in [2.75, 3.05) is 31.1 Å². The molecular weight excluding hydrogens is 438 g/mol. The van der Waals surface area contributed by atoms with Crippen LogP contribution in [0.25, 0.3) is 0 Å². The fraction of sp³-hybridized carbons (Fsp3) is 0.364. The summed E-state index contributed by atoms with van der Waals surface area (Å²) in [5.74, 6) is -0.837. The van der Waals surface area contributed by atoms with E-state index < -0.39 is 22.0 Å². The number of anilines is 1. The smallest absolute Gasteiger partial charge is 0.267 e. The van der Waals surface area contributed by atoms with E-state index in [-0.39, 0.29) is 23.6 Å². The average molecular weight is 462 g/mol. The molecular formula is C22H24ClN3O4S. The quantitative estimate of drug-likeness (QED) is 0.699. The highest BCUT2D eigenvalue weighted by molar-refractivity contribution is 7.89. The molecule has 0 saturated carbocycles. The molecule has 2 aromatic rings. The van der Waals surface area contributed by atoms with Gasteiger partial charge in [0.05, 0.1) is 4.90 Å². The minimum absolute atomic E-state index is 0.0266. The second-order valence-corrected chi connectivity index (χ2v) is 10.1. The van der Waals surface area contributed by atoms with Crippen LogP contribution in [0.2, 0.25) is 5.02 Å². The molecule has 0 spiro atoms. The Hall–Kier alpha value is -2.58. The van der Waals surface area contributed by atoms with E-state index in [2.05, 4.69) is 4.90 Å². The van der Waals surface area contributed by atoms with Gasteiger partial charge in [-0.2, -0.15) is 0 Å². The summed E-state index contributed by atoms with van der Waals surface area (Å²) in [6, 6.07) is 12.8. The van der Waals surface area contributed by atoms with Crippen molar-refractivity contribution in [3.8, 4) is 0 Å². The topological polar surface area (TPSA) is 78.0 Å². The zero-order valence-corrected chi connectivity index (χ0v) is 18.8. The first-order chi connectivity index (χ1) is 14.8. The number of piperazine rings is 1. The Labute approximate surface area is 187 Å². The van der Waals surface area contributed by atoms with Crippen molar-refractivity contribution in [1.82, 2.24) is 9.21 Å². The first kappa shape index (κ1) is 21.6. The van der Waals surface area contributed by atoms with Crippen LogP contribution in [0.1, 0.15) is 18.4 Å². The summed E-state index contributed by atoms with van der Waals surface area (Å²) in [5, 5.41) is 0.665. The van der Waals surface area contributed by atoms with Gasteiger partial charge < -0.3 is 9.80 Å². The van der Waals surface area contributed by atoms with Gasteiger partial charge in [0.15, 0.2) is 0 Å². The van der Waals surface area contributed by atoms with E-state index in [9.17, 15) is 18.0 Å². The average Bonchev–Trinajstić information content (AvgIpc) is 3.16.